The number of aryl methyl sites for hydroxylation is 2. The van der Waals surface area contributed by atoms with Gasteiger partial charge in [-0.15, -0.1) is 0 Å². The van der Waals surface area contributed by atoms with E-state index in [4.69, 9.17) is 4.98 Å². The molecule has 0 saturated carbocycles. The zero-order chi connectivity index (χ0) is 22.1. The van der Waals surface area contributed by atoms with Gasteiger partial charge in [0.2, 0.25) is 0 Å². The molecule has 170 valence electrons. The summed E-state index contributed by atoms with van der Waals surface area (Å²) in [6, 6.07) is 4.85. The number of likely N-dealkylation sites (tertiary alicyclic amines) is 1. The summed E-state index contributed by atoms with van der Waals surface area (Å²) < 4.78 is 15.3. The molecule has 5 rings (SSSR count). The van der Waals surface area contributed by atoms with Crippen molar-refractivity contribution in [1.29, 1.82) is 0 Å². The van der Waals surface area contributed by atoms with E-state index in [1.54, 1.807) is 0 Å². The van der Waals surface area contributed by atoms with Crippen LogP contribution < -0.4 is 5.56 Å². The lowest BCUT2D eigenvalue weighted by molar-refractivity contribution is 0.206. The van der Waals surface area contributed by atoms with Gasteiger partial charge in [0.1, 0.15) is 11.6 Å². The molecule has 0 unspecified atom stereocenters. The van der Waals surface area contributed by atoms with Gasteiger partial charge in [0, 0.05) is 35.2 Å². The summed E-state index contributed by atoms with van der Waals surface area (Å²) in [6.07, 6.45) is 8.34. The Morgan fingerprint density at radius 2 is 1.91 bits per heavy atom. The maximum absolute atomic E-state index is 13.4. The van der Waals surface area contributed by atoms with E-state index in [1.165, 1.54) is 12.1 Å². The third-order valence-electron chi connectivity index (χ3n) is 7.28. The smallest absolute Gasteiger partial charge is 0.256 e. The Hall–Kier alpha value is -2.54. The second-order valence-corrected chi connectivity index (χ2v) is 9.37. The maximum atomic E-state index is 13.4. The molecular weight excluding hydrogens is 405 g/mol. The first-order valence-electron chi connectivity index (χ1n) is 12.0. The van der Waals surface area contributed by atoms with E-state index in [1.807, 2.05) is 17.6 Å². The van der Waals surface area contributed by atoms with Gasteiger partial charge in [-0.25, -0.2) is 9.37 Å². The van der Waals surface area contributed by atoms with Crippen LogP contribution in [0.15, 0.2) is 23.0 Å². The van der Waals surface area contributed by atoms with Crippen molar-refractivity contribution in [3.63, 3.8) is 0 Å². The lowest BCUT2D eigenvalue weighted by Gasteiger charge is -2.31. The van der Waals surface area contributed by atoms with Crippen LogP contribution in [0.2, 0.25) is 0 Å². The third kappa shape index (κ3) is 4.22. The highest BCUT2D eigenvalue weighted by atomic mass is 19.1. The molecule has 3 heterocycles. The van der Waals surface area contributed by atoms with E-state index in [0.717, 1.165) is 106 Å². The van der Waals surface area contributed by atoms with Gasteiger partial charge in [-0.3, -0.25) is 14.5 Å². The van der Waals surface area contributed by atoms with E-state index in [0.29, 0.717) is 11.4 Å². The van der Waals surface area contributed by atoms with Gasteiger partial charge >= 0.3 is 0 Å². The van der Waals surface area contributed by atoms with Crippen LogP contribution in [0.3, 0.4) is 0 Å². The van der Waals surface area contributed by atoms with Crippen molar-refractivity contribution in [3.05, 3.63) is 57.1 Å². The van der Waals surface area contributed by atoms with E-state index in [2.05, 4.69) is 15.1 Å². The zero-order valence-corrected chi connectivity index (χ0v) is 18.9. The highest BCUT2D eigenvalue weighted by Crippen LogP contribution is 2.31. The van der Waals surface area contributed by atoms with E-state index >= 15 is 0 Å². The highest BCUT2D eigenvalue weighted by Gasteiger charge is 2.23. The van der Waals surface area contributed by atoms with Crippen molar-refractivity contribution < 1.29 is 4.39 Å². The Morgan fingerprint density at radius 1 is 1.12 bits per heavy atom. The van der Waals surface area contributed by atoms with Crippen molar-refractivity contribution in [2.75, 3.05) is 19.6 Å². The van der Waals surface area contributed by atoms with Crippen LogP contribution in [-0.4, -0.2) is 44.3 Å². The highest BCUT2D eigenvalue weighted by molar-refractivity contribution is 5.81. The third-order valence-corrected chi connectivity index (χ3v) is 7.28. The molecule has 1 fully saturated rings. The van der Waals surface area contributed by atoms with Crippen LogP contribution in [-0.2, 0) is 19.4 Å². The Labute approximate surface area is 187 Å². The number of halogens is 1. The molecule has 32 heavy (non-hydrogen) atoms. The van der Waals surface area contributed by atoms with Crippen molar-refractivity contribution in [2.24, 2.45) is 0 Å². The molecule has 0 amide bonds. The van der Waals surface area contributed by atoms with Crippen LogP contribution in [0.5, 0.6) is 0 Å². The summed E-state index contributed by atoms with van der Waals surface area (Å²) in [6.45, 7) is 5.91. The second kappa shape index (κ2) is 9.14. The summed E-state index contributed by atoms with van der Waals surface area (Å²) >= 11 is 0. The van der Waals surface area contributed by atoms with Gasteiger partial charge in [-0.2, -0.15) is 5.10 Å². The minimum atomic E-state index is -0.242. The molecule has 7 heteroatoms. The lowest BCUT2D eigenvalue weighted by Crippen LogP contribution is -2.34. The molecule has 0 atom stereocenters. The fourth-order valence-electron chi connectivity index (χ4n) is 5.44. The number of unbranched alkanes of at least 4 members (excludes halogenated alkanes) is 1. The van der Waals surface area contributed by atoms with Crippen LogP contribution >= 0.6 is 0 Å². The SMILES string of the molecule is Cc1nc2c(c(=O)n1CCCCN1CCC(c3[nH]nc4cc(F)ccc34)CC1)CCCC2. The molecule has 1 saturated heterocycles. The van der Waals surface area contributed by atoms with Gasteiger partial charge in [-0.05, 0) is 90.1 Å². The number of piperidine rings is 1. The van der Waals surface area contributed by atoms with Gasteiger partial charge in [0.05, 0.1) is 11.2 Å². The number of hydrogen-bond acceptors (Lipinski definition) is 4. The zero-order valence-electron chi connectivity index (χ0n) is 18.9. The number of aromatic amines is 1. The number of nitrogens with one attached hydrogen (secondary N) is 1. The number of hydrogen-bond donors (Lipinski definition) is 1. The molecule has 2 aliphatic rings. The van der Waals surface area contributed by atoms with Crippen molar-refractivity contribution in [2.45, 2.75) is 70.8 Å². The Kier molecular flexibility index (Phi) is 6.09. The number of H-pyrrole nitrogens is 1. The first kappa shape index (κ1) is 21.3. The van der Waals surface area contributed by atoms with Crippen LogP contribution in [0.25, 0.3) is 10.9 Å². The molecule has 0 bridgehead atoms. The minimum absolute atomic E-state index is 0.194. The molecule has 1 aliphatic carbocycles. The summed E-state index contributed by atoms with van der Waals surface area (Å²) in [5.41, 5.74) is 4.05. The number of nitrogens with zero attached hydrogens (tertiary/aromatic N) is 4. The average Bonchev–Trinajstić information content (AvgIpc) is 3.22. The molecule has 6 nitrogen and oxygen atoms in total. The quantitative estimate of drug-likeness (QED) is 0.590. The number of fused-ring (bicyclic) bond motifs is 2. The molecule has 2 aromatic heterocycles. The number of benzene rings is 1. The predicted octanol–water partition coefficient (Wildman–Crippen LogP) is 4.11. The maximum Gasteiger partial charge on any atom is 0.256 e. The monoisotopic (exact) mass is 437 g/mol. The van der Waals surface area contributed by atoms with Crippen LogP contribution in [0, 0.1) is 12.7 Å². The van der Waals surface area contributed by atoms with E-state index in [-0.39, 0.29) is 11.4 Å². The minimum Gasteiger partial charge on any atom is -0.303 e. The largest absolute Gasteiger partial charge is 0.303 e. The van der Waals surface area contributed by atoms with Crippen LogP contribution in [0.4, 0.5) is 4.39 Å². The lowest BCUT2D eigenvalue weighted by atomic mass is 9.91. The summed E-state index contributed by atoms with van der Waals surface area (Å²) in [5, 5.41) is 8.49. The van der Waals surface area contributed by atoms with Gasteiger partial charge in [0.25, 0.3) is 5.56 Å². The van der Waals surface area contributed by atoms with Gasteiger partial charge in [-0.1, -0.05) is 0 Å². The van der Waals surface area contributed by atoms with Crippen LogP contribution in [0.1, 0.15) is 67.2 Å². The van der Waals surface area contributed by atoms with Crippen molar-refractivity contribution in [3.8, 4) is 0 Å². The molecule has 3 aromatic rings. The fourth-order valence-corrected chi connectivity index (χ4v) is 5.44. The summed E-state index contributed by atoms with van der Waals surface area (Å²) in [4.78, 5) is 20.1. The normalized spacial score (nSPS) is 17.7. The standard InChI is InChI=1S/C25H32FN5O/c1-17-27-22-7-3-2-6-21(22)25(32)31(17)13-5-4-12-30-14-10-18(11-15-30)24-20-9-8-19(26)16-23(20)28-29-24/h8-9,16,18H,2-7,10-15H2,1H3,(H,28,29). The molecule has 1 N–H and O–H groups in total. The topological polar surface area (TPSA) is 66.8 Å². The predicted molar refractivity (Wildman–Crippen MR) is 124 cm³/mol. The summed E-state index contributed by atoms with van der Waals surface area (Å²) in [5.74, 6) is 1.07. The number of aromatic nitrogens is 4. The van der Waals surface area contributed by atoms with E-state index < -0.39 is 0 Å². The van der Waals surface area contributed by atoms with Gasteiger partial charge in [0.15, 0.2) is 0 Å². The first-order valence-corrected chi connectivity index (χ1v) is 12.0. The first-order chi connectivity index (χ1) is 15.6. The van der Waals surface area contributed by atoms with Crippen molar-refractivity contribution >= 4 is 10.9 Å². The fraction of sp³-hybridized carbons (Fsp3) is 0.560. The molecule has 0 spiro atoms. The summed E-state index contributed by atoms with van der Waals surface area (Å²) in [7, 11) is 0. The molecule has 1 aromatic carbocycles. The molecule has 1 aliphatic heterocycles. The Balaban J connectivity index is 1.12. The molecule has 0 radical (unpaired) electrons. The van der Waals surface area contributed by atoms with Gasteiger partial charge < -0.3 is 4.90 Å². The van der Waals surface area contributed by atoms with E-state index in [9.17, 15) is 9.18 Å². The Bertz CT molecular complexity index is 1160. The van der Waals surface area contributed by atoms with Crippen molar-refractivity contribution in [1.82, 2.24) is 24.6 Å². The second-order valence-electron chi connectivity index (χ2n) is 9.37. The number of rotatable bonds is 6. The molecular formula is C25H32FN5O. The Morgan fingerprint density at radius 3 is 2.75 bits per heavy atom. The average molecular weight is 438 g/mol.